The molecule has 0 aliphatic heterocycles. The number of fused-ring (bicyclic) bond motifs is 3. The molecule has 0 amide bonds. The number of aliphatic hydroxyl groups excluding tert-OH is 1. The Morgan fingerprint density at radius 3 is 2.06 bits per heavy atom. The monoisotopic (exact) mass is 755 g/mol. The van der Waals surface area contributed by atoms with Crippen LogP contribution < -0.4 is 4.90 Å². The van der Waals surface area contributed by atoms with E-state index in [2.05, 4.69) is 65.1 Å². The lowest BCUT2D eigenvalue weighted by Gasteiger charge is -2.31. The van der Waals surface area contributed by atoms with Crippen LogP contribution in [0, 0.1) is 11.8 Å². The minimum absolute atomic E-state index is 0.270. The fraction of sp³-hybridized carbons (Fsp3) is 0.667. The van der Waals surface area contributed by atoms with E-state index in [0.717, 1.165) is 40.9 Å². The number of aliphatic hydroxyl groups is 1. The summed E-state index contributed by atoms with van der Waals surface area (Å²) in [6.07, 6.45) is 1.54. The first-order valence-electron chi connectivity index (χ1n) is 16.7. The average molecular weight is 757 g/mol. The average Bonchev–Trinajstić information content (AvgIpc) is 3.56. The summed E-state index contributed by atoms with van der Waals surface area (Å²) in [4.78, 5) is 11.3. The molecular formula is C33H49BrF3N5O3Si2. The van der Waals surface area contributed by atoms with E-state index >= 15 is 0 Å². The first-order chi connectivity index (χ1) is 22.0. The molecule has 2 aliphatic rings. The van der Waals surface area contributed by atoms with Crippen LogP contribution in [0.3, 0.4) is 0 Å². The highest BCUT2D eigenvalue weighted by Gasteiger charge is 2.40. The van der Waals surface area contributed by atoms with E-state index in [4.69, 9.17) is 19.6 Å². The van der Waals surface area contributed by atoms with Crippen LogP contribution in [0.25, 0.3) is 16.8 Å². The third-order valence-corrected chi connectivity index (χ3v) is 13.5. The van der Waals surface area contributed by atoms with E-state index in [1.54, 1.807) is 10.7 Å². The number of pyridine rings is 1. The molecule has 8 nitrogen and oxygen atoms in total. The first kappa shape index (κ1) is 36.4. The Morgan fingerprint density at radius 2 is 1.55 bits per heavy atom. The van der Waals surface area contributed by atoms with Crippen LogP contribution in [0.2, 0.25) is 51.4 Å². The molecule has 2 aliphatic carbocycles. The summed E-state index contributed by atoms with van der Waals surface area (Å²) in [5.74, 6) is 2.44. The molecule has 14 heteroatoms. The second-order valence-corrected chi connectivity index (χ2v) is 27.8. The molecule has 1 N–H and O–H groups in total. The normalized spacial score (nSPS) is 21.0. The fourth-order valence-corrected chi connectivity index (χ4v) is 8.96. The Kier molecular flexibility index (Phi) is 11.3. The predicted molar refractivity (Wildman–Crippen MR) is 188 cm³/mol. The molecular weight excluding hydrogens is 707 g/mol. The first-order valence-corrected chi connectivity index (χ1v) is 24.9. The Bertz CT molecular complexity index is 1480. The van der Waals surface area contributed by atoms with Gasteiger partial charge in [0.05, 0.1) is 22.1 Å². The molecule has 1 unspecified atom stereocenters. The topological polar surface area (TPSA) is 85.0 Å². The van der Waals surface area contributed by atoms with Crippen molar-refractivity contribution in [2.45, 2.75) is 102 Å². The minimum atomic E-state index is -4.80. The maximum Gasteiger partial charge on any atom is 0.420 e. The fourth-order valence-electron chi connectivity index (χ4n) is 6.61. The Hall–Kier alpha value is -1.85. The molecule has 0 radical (unpaired) electrons. The molecule has 3 heterocycles. The van der Waals surface area contributed by atoms with Crippen molar-refractivity contribution < 1.29 is 27.8 Å². The Labute approximate surface area is 286 Å². The van der Waals surface area contributed by atoms with Crippen LogP contribution in [0.1, 0.15) is 55.5 Å². The van der Waals surface area contributed by atoms with Gasteiger partial charge >= 0.3 is 6.18 Å². The number of anilines is 1. The van der Waals surface area contributed by atoms with E-state index in [-0.39, 0.29) is 5.92 Å². The third-order valence-electron chi connectivity index (χ3n) is 9.34. The van der Waals surface area contributed by atoms with Crippen LogP contribution in [-0.2, 0) is 9.47 Å². The molecule has 2 fully saturated rings. The zero-order chi connectivity index (χ0) is 34.1. The summed E-state index contributed by atoms with van der Waals surface area (Å²) in [7, 11) is -2.60. The van der Waals surface area contributed by atoms with E-state index in [1.165, 1.54) is 37.6 Å². The highest BCUT2D eigenvalue weighted by Crippen LogP contribution is 2.50. The Balaban J connectivity index is 1.55. The Morgan fingerprint density at radius 1 is 0.957 bits per heavy atom. The van der Waals surface area contributed by atoms with E-state index in [1.807, 2.05) is 0 Å². The summed E-state index contributed by atoms with van der Waals surface area (Å²) < 4.78 is 54.7. The second-order valence-electron chi connectivity index (χ2n) is 15.8. The van der Waals surface area contributed by atoms with Crippen molar-refractivity contribution >= 4 is 43.5 Å². The molecule has 5 rings (SSSR count). The number of hydrogen-bond acceptors (Lipinski definition) is 7. The van der Waals surface area contributed by atoms with E-state index < -0.39 is 34.1 Å². The quantitative estimate of drug-likeness (QED) is 0.100. The number of rotatable bonds is 14. The summed E-state index contributed by atoms with van der Waals surface area (Å²) >= 11 is 3.98. The van der Waals surface area contributed by atoms with Crippen molar-refractivity contribution in [1.82, 2.24) is 19.6 Å². The highest BCUT2D eigenvalue weighted by molar-refractivity contribution is 9.10. The molecule has 2 bridgehead atoms. The smallest absolute Gasteiger partial charge is 0.378 e. The van der Waals surface area contributed by atoms with Gasteiger partial charge in [0.15, 0.2) is 17.6 Å². The van der Waals surface area contributed by atoms with Gasteiger partial charge in [0.2, 0.25) is 0 Å². The van der Waals surface area contributed by atoms with Crippen molar-refractivity contribution in [1.29, 1.82) is 0 Å². The van der Waals surface area contributed by atoms with Gasteiger partial charge in [0.25, 0.3) is 0 Å². The van der Waals surface area contributed by atoms with Crippen molar-refractivity contribution in [2.75, 3.05) is 31.6 Å². The lowest BCUT2D eigenvalue weighted by molar-refractivity contribution is -0.207. The summed E-state index contributed by atoms with van der Waals surface area (Å²) in [5, 5.41) is 14.5. The van der Waals surface area contributed by atoms with Gasteiger partial charge in [0, 0.05) is 52.6 Å². The summed E-state index contributed by atoms with van der Waals surface area (Å²) in [5.41, 5.74) is 2.33. The zero-order valence-corrected chi connectivity index (χ0v) is 32.0. The van der Waals surface area contributed by atoms with Crippen LogP contribution in [0.15, 0.2) is 29.0 Å². The van der Waals surface area contributed by atoms with Crippen LogP contribution >= 0.6 is 15.9 Å². The summed E-state index contributed by atoms with van der Waals surface area (Å²) in [6, 6.07) is 4.83. The van der Waals surface area contributed by atoms with Crippen LogP contribution in [-0.4, -0.2) is 73.7 Å². The van der Waals surface area contributed by atoms with Crippen molar-refractivity contribution in [3.63, 3.8) is 0 Å². The van der Waals surface area contributed by atoms with Crippen LogP contribution in [0.4, 0.5) is 19.0 Å². The van der Waals surface area contributed by atoms with E-state index in [0.29, 0.717) is 55.3 Å². The van der Waals surface area contributed by atoms with Crippen molar-refractivity contribution in [3.8, 4) is 11.1 Å². The van der Waals surface area contributed by atoms with E-state index in [9.17, 15) is 18.3 Å². The molecule has 47 heavy (non-hydrogen) atoms. The lowest BCUT2D eigenvalue weighted by atomic mass is 9.79. The molecule has 3 aromatic heterocycles. The summed E-state index contributed by atoms with van der Waals surface area (Å²) in [6.45, 7) is 15.9. The third kappa shape index (κ3) is 9.24. The molecule has 0 saturated heterocycles. The van der Waals surface area contributed by atoms with Gasteiger partial charge in [-0.2, -0.15) is 22.8 Å². The molecule has 4 atom stereocenters. The molecule has 0 aromatic carbocycles. The highest BCUT2D eigenvalue weighted by atomic mass is 79.9. The van der Waals surface area contributed by atoms with Gasteiger partial charge in [-0.1, -0.05) is 58.2 Å². The maximum absolute atomic E-state index is 13.2. The van der Waals surface area contributed by atoms with Crippen molar-refractivity contribution in [3.05, 3.63) is 40.4 Å². The molecule has 2 saturated carbocycles. The maximum atomic E-state index is 13.2. The van der Waals surface area contributed by atoms with Gasteiger partial charge in [-0.3, -0.25) is 4.98 Å². The van der Waals surface area contributed by atoms with Gasteiger partial charge in [-0.15, -0.1) is 0 Å². The molecule has 3 aromatic rings. The standard InChI is InChI=1S/C33H49BrF3N5O3Si2/c1-46(2,3)13-11-44-20-41(21-45-12-14-47(4,5)6)32-28(34)29(25-16-22-7-8-23(15-22)17-25)40-31-26(19-39-42(31)32)24-9-10-27(38-18-24)30(43)33(35,36)37/h9-10,18-19,22-23,25,30,43H,7-8,11-17,20-21H2,1-6H3/t22-,23+,25+,30?. The number of hydrogen-bond donors (Lipinski definition) is 1. The SMILES string of the molecule is C[Si](C)(C)CCOCN(COCC[Si](C)(C)C)c1c(Br)c([C@H]2C[C@@H]3CC[C@@H](C3)C2)nc2c(-c3ccc(C(O)C(F)(F)F)nc3)cnn12. The number of aromatic nitrogens is 4. The number of halogens is 4. The molecule has 260 valence electrons. The van der Waals surface area contributed by atoms with Gasteiger partial charge < -0.3 is 19.5 Å². The number of alkyl halides is 3. The molecule has 0 spiro atoms. The van der Waals surface area contributed by atoms with Gasteiger partial charge in [-0.25, -0.2) is 4.98 Å². The lowest BCUT2D eigenvalue weighted by Crippen LogP contribution is -2.34. The zero-order valence-electron chi connectivity index (χ0n) is 28.4. The largest absolute Gasteiger partial charge is 0.420 e. The number of nitrogens with zero attached hydrogens (tertiary/aromatic N) is 5. The number of ether oxygens (including phenoxy) is 2. The van der Waals surface area contributed by atoms with Gasteiger partial charge in [-0.05, 0) is 65.2 Å². The van der Waals surface area contributed by atoms with Crippen molar-refractivity contribution in [2.24, 2.45) is 11.8 Å². The predicted octanol–water partition coefficient (Wildman–Crippen LogP) is 8.87. The second kappa shape index (κ2) is 14.6. The van der Waals surface area contributed by atoms with Gasteiger partial charge in [0.1, 0.15) is 13.5 Å². The van der Waals surface area contributed by atoms with Crippen LogP contribution in [0.5, 0.6) is 0 Å². The minimum Gasteiger partial charge on any atom is -0.378 e.